The predicted molar refractivity (Wildman–Crippen MR) is 107 cm³/mol. The molecule has 0 saturated heterocycles. The molecule has 4 nitrogen and oxygen atoms in total. The smallest absolute Gasteiger partial charge is 0.255 e. The van der Waals surface area contributed by atoms with E-state index in [-0.39, 0.29) is 12.5 Å². The monoisotopic (exact) mass is 403 g/mol. The minimum Gasteiger partial charge on any atom is -0.400 e. The third kappa shape index (κ3) is 3.92. The molecule has 1 heterocycles. The molecule has 0 bridgehead atoms. The fourth-order valence-electron chi connectivity index (χ4n) is 3.42. The van der Waals surface area contributed by atoms with Crippen LogP contribution in [-0.2, 0) is 0 Å². The van der Waals surface area contributed by atoms with E-state index in [4.69, 9.17) is 17.3 Å². The summed E-state index contributed by atoms with van der Waals surface area (Å²) in [5.74, 6) is -1.56. The summed E-state index contributed by atoms with van der Waals surface area (Å²) in [5.41, 5.74) is 9.35. The van der Waals surface area contributed by atoms with Crippen LogP contribution in [0.2, 0.25) is 5.02 Å². The largest absolute Gasteiger partial charge is 0.400 e. The van der Waals surface area contributed by atoms with Crippen LogP contribution in [0.3, 0.4) is 0 Å². The molecule has 0 atom stereocenters. The molecule has 7 heteroatoms. The molecule has 0 aliphatic carbocycles. The lowest BCUT2D eigenvalue weighted by atomic mass is 9.94. The summed E-state index contributed by atoms with van der Waals surface area (Å²) in [5, 5.41) is 0.393. The zero-order valence-electron chi connectivity index (χ0n) is 15.6. The van der Waals surface area contributed by atoms with Crippen LogP contribution in [0, 0.1) is 18.6 Å². The van der Waals surface area contributed by atoms with Gasteiger partial charge in [0.25, 0.3) is 5.91 Å². The molecule has 0 fully saturated rings. The lowest BCUT2D eigenvalue weighted by molar-refractivity contribution is 0.0763. The van der Waals surface area contributed by atoms with E-state index in [0.717, 1.165) is 11.6 Å². The van der Waals surface area contributed by atoms with E-state index in [1.165, 1.54) is 12.1 Å². The standard InChI is InChI=1S/C21H20ClF2N3O/c1-12-4-3-5-17(22)19(12)21(28)27-7-6-16(18(25)11-27)20(26-2)13-8-14(23)10-15(24)9-13/h3-5,8-10H,6-7,11,25H2,1-2H3. The summed E-state index contributed by atoms with van der Waals surface area (Å²) in [4.78, 5) is 18.7. The molecule has 3 rings (SSSR count). The predicted octanol–water partition coefficient (Wildman–Crippen LogP) is 4.10. The number of halogens is 3. The molecule has 146 valence electrons. The van der Waals surface area contributed by atoms with Crippen molar-refractivity contribution in [3.05, 3.63) is 81.0 Å². The second kappa shape index (κ2) is 8.10. The van der Waals surface area contributed by atoms with E-state index in [2.05, 4.69) is 4.99 Å². The first-order valence-electron chi connectivity index (χ1n) is 8.77. The third-order valence-electron chi connectivity index (χ3n) is 4.75. The maximum absolute atomic E-state index is 13.6. The molecule has 0 radical (unpaired) electrons. The molecule has 0 unspecified atom stereocenters. The van der Waals surface area contributed by atoms with Crippen LogP contribution in [0.5, 0.6) is 0 Å². The zero-order chi connectivity index (χ0) is 20.4. The van der Waals surface area contributed by atoms with Crippen molar-refractivity contribution < 1.29 is 13.6 Å². The fraction of sp³-hybridized carbons (Fsp3) is 0.238. The lowest BCUT2D eigenvalue weighted by Gasteiger charge is -2.30. The van der Waals surface area contributed by atoms with Crippen molar-refractivity contribution in [2.45, 2.75) is 13.3 Å². The number of rotatable bonds is 3. The first-order valence-corrected chi connectivity index (χ1v) is 9.15. The second-order valence-corrected chi connectivity index (χ2v) is 7.05. The van der Waals surface area contributed by atoms with E-state index in [9.17, 15) is 13.6 Å². The van der Waals surface area contributed by atoms with Gasteiger partial charge >= 0.3 is 0 Å². The Morgan fingerprint density at radius 1 is 1.21 bits per heavy atom. The molecule has 1 aliphatic rings. The van der Waals surface area contributed by atoms with Crippen LogP contribution in [0.15, 0.2) is 52.7 Å². The molecule has 2 N–H and O–H groups in total. The van der Waals surface area contributed by atoms with Gasteiger partial charge in [-0.15, -0.1) is 0 Å². The summed E-state index contributed by atoms with van der Waals surface area (Å²) >= 11 is 6.21. The van der Waals surface area contributed by atoms with Gasteiger partial charge in [-0.1, -0.05) is 23.7 Å². The first kappa shape index (κ1) is 20.0. The van der Waals surface area contributed by atoms with Gasteiger partial charge < -0.3 is 10.6 Å². The van der Waals surface area contributed by atoms with Crippen molar-refractivity contribution in [2.75, 3.05) is 20.1 Å². The molecule has 0 aromatic heterocycles. The molecule has 0 spiro atoms. The van der Waals surface area contributed by atoms with Crippen molar-refractivity contribution in [1.82, 2.24) is 4.90 Å². The molecular formula is C21H20ClF2N3O. The topological polar surface area (TPSA) is 58.7 Å². The Bertz CT molecular complexity index is 961. The van der Waals surface area contributed by atoms with Gasteiger partial charge in [-0.3, -0.25) is 9.79 Å². The molecule has 28 heavy (non-hydrogen) atoms. The zero-order valence-corrected chi connectivity index (χ0v) is 16.4. The molecule has 0 saturated carbocycles. The number of nitrogens with zero attached hydrogens (tertiary/aromatic N) is 2. The van der Waals surface area contributed by atoms with Crippen LogP contribution in [-0.4, -0.2) is 36.7 Å². The maximum Gasteiger partial charge on any atom is 0.255 e. The van der Waals surface area contributed by atoms with E-state index < -0.39 is 11.6 Å². The van der Waals surface area contributed by atoms with E-state index in [1.54, 1.807) is 24.1 Å². The summed E-state index contributed by atoms with van der Waals surface area (Å²) in [6.45, 7) is 2.42. The van der Waals surface area contributed by atoms with Crippen molar-refractivity contribution in [2.24, 2.45) is 10.7 Å². The molecular weight excluding hydrogens is 384 g/mol. The van der Waals surface area contributed by atoms with Gasteiger partial charge in [0, 0.05) is 36.5 Å². The van der Waals surface area contributed by atoms with Crippen LogP contribution >= 0.6 is 11.6 Å². The number of carbonyl (C=O) groups is 1. The number of aliphatic imine (C=N–C) groups is 1. The van der Waals surface area contributed by atoms with Crippen molar-refractivity contribution in [3.63, 3.8) is 0 Å². The van der Waals surface area contributed by atoms with Crippen molar-refractivity contribution in [1.29, 1.82) is 0 Å². The Labute approximate surface area is 167 Å². The van der Waals surface area contributed by atoms with Gasteiger partial charge in [-0.25, -0.2) is 8.78 Å². The maximum atomic E-state index is 13.6. The van der Waals surface area contributed by atoms with E-state index in [1.807, 2.05) is 13.0 Å². The fourth-order valence-corrected chi connectivity index (χ4v) is 3.72. The van der Waals surface area contributed by atoms with Crippen LogP contribution in [0.1, 0.15) is 27.9 Å². The van der Waals surface area contributed by atoms with Gasteiger partial charge in [0.15, 0.2) is 0 Å². The lowest BCUT2D eigenvalue weighted by Crippen LogP contribution is -2.40. The van der Waals surface area contributed by atoms with Crippen LogP contribution in [0.4, 0.5) is 8.78 Å². The molecule has 1 amide bonds. The normalized spacial score (nSPS) is 15.2. The number of hydrogen-bond donors (Lipinski definition) is 1. The molecule has 1 aliphatic heterocycles. The Balaban J connectivity index is 1.90. The van der Waals surface area contributed by atoms with Gasteiger partial charge in [0.2, 0.25) is 0 Å². The highest BCUT2D eigenvalue weighted by atomic mass is 35.5. The summed E-state index contributed by atoms with van der Waals surface area (Å²) in [6.07, 6.45) is 0.422. The highest BCUT2D eigenvalue weighted by Gasteiger charge is 2.27. The second-order valence-electron chi connectivity index (χ2n) is 6.64. The number of aryl methyl sites for hydroxylation is 1. The molecule has 2 aromatic rings. The highest BCUT2D eigenvalue weighted by molar-refractivity contribution is 6.34. The highest BCUT2D eigenvalue weighted by Crippen LogP contribution is 2.26. The molecule has 2 aromatic carbocycles. The quantitative estimate of drug-likeness (QED) is 0.784. The Morgan fingerprint density at radius 2 is 1.89 bits per heavy atom. The van der Waals surface area contributed by atoms with Crippen LogP contribution < -0.4 is 5.73 Å². The average molecular weight is 404 g/mol. The van der Waals surface area contributed by atoms with Gasteiger partial charge in [0.1, 0.15) is 11.6 Å². The third-order valence-corrected chi connectivity index (χ3v) is 5.06. The summed E-state index contributed by atoms with van der Waals surface area (Å²) in [6, 6.07) is 8.54. The minimum atomic E-state index is -0.683. The summed E-state index contributed by atoms with van der Waals surface area (Å²) in [7, 11) is 1.54. The number of nitrogens with two attached hydrogens (primary N) is 1. The SMILES string of the molecule is CN=C(C1=C(N)CN(C(=O)c2c(C)cccc2Cl)CC1)c1cc(F)cc(F)c1. The number of amides is 1. The van der Waals surface area contributed by atoms with Crippen molar-refractivity contribution in [3.8, 4) is 0 Å². The summed E-state index contributed by atoms with van der Waals surface area (Å²) < 4.78 is 27.2. The number of benzene rings is 2. The van der Waals surface area contributed by atoms with Gasteiger partial charge in [-0.2, -0.15) is 0 Å². The first-order chi connectivity index (χ1) is 13.3. The van der Waals surface area contributed by atoms with E-state index in [0.29, 0.717) is 46.1 Å². The van der Waals surface area contributed by atoms with Crippen molar-refractivity contribution >= 4 is 23.2 Å². The number of carbonyl (C=O) groups excluding carboxylic acids is 1. The minimum absolute atomic E-state index is 0.190. The van der Waals surface area contributed by atoms with Gasteiger partial charge in [0.05, 0.1) is 22.8 Å². The Hall–Kier alpha value is -2.73. The Morgan fingerprint density at radius 3 is 2.46 bits per heavy atom. The Kier molecular flexibility index (Phi) is 5.79. The van der Waals surface area contributed by atoms with Crippen LogP contribution in [0.25, 0.3) is 0 Å². The number of hydrogen-bond acceptors (Lipinski definition) is 3. The average Bonchev–Trinajstić information content (AvgIpc) is 2.62. The van der Waals surface area contributed by atoms with Gasteiger partial charge in [-0.05, 0) is 37.1 Å². The van der Waals surface area contributed by atoms with E-state index >= 15 is 0 Å².